The van der Waals surface area contributed by atoms with Crippen molar-refractivity contribution in [1.82, 2.24) is 5.32 Å². The van der Waals surface area contributed by atoms with Gasteiger partial charge in [0.15, 0.2) is 0 Å². The number of rotatable bonds is 7. The molecule has 2 aromatic rings. The quantitative estimate of drug-likeness (QED) is 0.763. The zero-order chi connectivity index (χ0) is 20.0. The van der Waals surface area contributed by atoms with Gasteiger partial charge in [0.05, 0.1) is 10.8 Å². The molecule has 2 rings (SSSR count). The first-order chi connectivity index (χ1) is 12.7. The third-order valence-electron chi connectivity index (χ3n) is 4.21. The molecule has 0 aliphatic heterocycles. The minimum absolute atomic E-state index is 0.0277. The van der Waals surface area contributed by atoms with Gasteiger partial charge in [-0.15, -0.1) is 0 Å². The van der Waals surface area contributed by atoms with Gasteiger partial charge < -0.3 is 10.4 Å². The first-order valence-corrected chi connectivity index (χ1v) is 10.1. The van der Waals surface area contributed by atoms with Crippen molar-refractivity contribution in [2.45, 2.75) is 43.5 Å². The molecular weight excluding hydrogens is 362 g/mol. The van der Waals surface area contributed by atoms with E-state index < -0.39 is 28.7 Å². The van der Waals surface area contributed by atoms with Crippen LogP contribution in [0.5, 0.6) is 0 Å². The minimum atomic E-state index is -1.31. The van der Waals surface area contributed by atoms with Crippen molar-refractivity contribution in [2.75, 3.05) is 5.75 Å². The van der Waals surface area contributed by atoms with Crippen LogP contribution in [-0.2, 0) is 21.0 Å². The number of amides is 1. The number of hydrogen-bond donors (Lipinski definition) is 2. The summed E-state index contributed by atoms with van der Waals surface area (Å²) in [5.41, 5.74) is 1.46. The highest BCUT2D eigenvalue weighted by atomic mass is 32.2. The summed E-state index contributed by atoms with van der Waals surface area (Å²) in [5, 5.41) is 11.9. The smallest absolute Gasteiger partial charge is 0.326 e. The zero-order valence-corrected chi connectivity index (χ0v) is 16.6. The molecule has 2 aromatic carbocycles. The molecule has 0 aliphatic carbocycles. The molecule has 0 fully saturated rings. The highest BCUT2D eigenvalue weighted by Crippen LogP contribution is 2.22. The number of carboxylic acids is 1. The fourth-order valence-electron chi connectivity index (χ4n) is 2.54. The van der Waals surface area contributed by atoms with Crippen molar-refractivity contribution >= 4 is 22.7 Å². The van der Waals surface area contributed by atoms with Gasteiger partial charge in [-0.2, -0.15) is 0 Å². The Hall–Kier alpha value is -2.47. The maximum atomic E-state index is 12.4. The molecule has 0 heterocycles. The Labute approximate surface area is 162 Å². The predicted octanol–water partition coefficient (Wildman–Crippen LogP) is 3.37. The second-order valence-electron chi connectivity index (χ2n) is 7.34. The number of carboxylic acid groups (broad SMARTS) is 1. The second-order valence-corrected chi connectivity index (χ2v) is 8.91. The van der Waals surface area contributed by atoms with Crippen molar-refractivity contribution in [2.24, 2.45) is 0 Å². The summed E-state index contributed by atoms with van der Waals surface area (Å²) in [4.78, 5) is 24.5. The Morgan fingerprint density at radius 2 is 1.63 bits per heavy atom. The predicted molar refractivity (Wildman–Crippen MR) is 106 cm³/mol. The summed E-state index contributed by atoms with van der Waals surface area (Å²) < 4.78 is 12.3. The third kappa shape index (κ3) is 6.03. The van der Waals surface area contributed by atoms with E-state index in [1.54, 1.807) is 36.4 Å². The van der Waals surface area contributed by atoms with Gasteiger partial charge in [0, 0.05) is 16.2 Å². The molecule has 1 amide bonds. The average molecular weight is 388 g/mol. The molecule has 2 atom stereocenters. The Morgan fingerprint density at radius 1 is 1.04 bits per heavy atom. The molecule has 144 valence electrons. The van der Waals surface area contributed by atoms with Gasteiger partial charge in [0.25, 0.3) is 5.91 Å². The number of carbonyl (C=O) groups excluding carboxylic acids is 1. The molecule has 0 saturated carbocycles. The molecule has 5 nitrogen and oxygen atoms in total. The first-order valence-electron chi connectivity index (χ1n) is 8.76. The largest absolute Gasteiger partial charge is 0.480 e. The lowest BCUT2D eigenvalue weighted by molar-refractivity contribution is -0.139. The van der Waals surface area contributed by atoms with E-state index >= 15 is 0 Å². The van der Waals surface area contributed by atoms with Crippen molar-refractivity contribution in [3.05, 3.63) is 65.7 Å². The van der Waals surface area contributed by atoms with E-state index in [1.165, 1.54) is 0 Å². The topological polar surface area (TPSA) is 83.5 Å². The molecule has 0 aromatic heterocycles. The summed E-state index contributed by atoms with van der Waals surface area (Å²) >= 11 is 0. The van der Waals surface area contributed by atoms with Gasteiger partial charge in [-0.1, -0.05) is 51.1 Å². The lowest BCUT2D eigenvalue weighted by atomic mass is 9.86. The Kier molecular flexibility index (Phi) is 6.91. The third-order valence-corrected chi connectivity index (χ3v) is 5.62. The van der Waals surface area contributed by atoms with E-state index in [2.05, 4.69) is 26.1 Å². The van der Waals surface area contributed by atoms with Crippen molar-refractivity contribution in [3.8, 4) is 0 Å². The van der Waals surface area contributed by atoms with E-state index in [1.807, 2.05) is 18.2 Å². The van der Waals surface area contributed by atoms with Gasteiger partial charge in [0.1, 0.15) is 6.04 Å². The lowest BCUT2D eigenvalue weighted by Gasteiger charge is -2.19. The van der Waals surface area contributed by atoms with Gasteiger partial charge >= 0.3 is 5.97 Å². The van der Waals surface area contributed by atoms with Gasteiger partial charge in [-0.05, 0) is 41.7 Å². The van der Waals surface area contributed by atoms with Crippen LogP contribution in [-0.4, -0.2) is 33.0 Å². The number of nitrogens with one attached hydrogen (secondary N) is 1. The minimum Gasteiger partial charge on any atom is -0.480 e. The van der Waals surface area contributed by atoms with E-state index in [0.29, 0.717) is 10.5 Å². The average Bonchev–Trinajstić information content (AvgIpc) is 2.64. The van der Waals surface area contributed by atoms with Gasteiger partial charge in [0.2, 0.25) is 0 Å². The van der Waals surface area contributed by atoms with Crippen LogP contribution in [0.3, 0.4) is 0 Å². The Bertz CT molecular complexity index is 810. The molecular formula is C21H25NO4S. The monoisotopic (exact) mass is 387 g/mol. The van der Waals surface area contributed by atoms with Crippen molar-refractivity contribution in [1.29, 1.82) is 0 Å². The van der Waals surface area contributed by atoms with E-state index in [4.69, 9.17) is 0 Å². The number of aliphatic carboxylic acids is 1. The van der Waals surface area contributed by atoms with Crippen LogP contribution >= 0.6 is 0 Å². The maximum Gasteiger partial charge on any atom is 0.326 e. The summed E-state index contributed by atoms with van der Waals surface area (Å²) in [7, 11) is -1.31. The summed E-state index contributed by atoms with van der Waals surface area (Å²) in [6.45, 7) is 6.24. The normalized spacial score (nSPS) is 13.6. The fourth-order valence-corrected chi connectivity index (χ4v) is 3.68. The molecule has 27 heavy (non-hydrogen) atoms. The van der Waals surface area contributed by atoms with E-state index in [0.717, 1.165) is 5.56 Å². The van der Waals surface area contributed by atoms with Gasteiger partial charge in [-0.25, -0.2) is 4.79 Å². The zero-order valence-electron chi connectivity index (χ0n) is 15.8. The van der Waals surface area contributed by atoms with Crippen LogP contribution < -0.4 is 5.32 Å². The molecule has 2 N–H and O–H groups in total. The summed E-state index contributed by atoms with van der Waals surface area (Å²) in [6.07, 6.45) is 0.0860. The summed E-state index contributed by atoms with van der Waals surface area (Å²) in [6, 6.07) is 14.9. The SMILES string of the molecule is CC(C)(C)c1ccc(C(=O)N[C@H](CC[S@](=O)c2ccccc2)C(=O)O)cc1. The van der Waals surface area contributed by atoms with Crippen LogP contribution in [0.2, 0.25) is 0 Å². The molecule has 0 unspecified atom stereocenters. The molecule has 6 heteroatoms. The number of carbonyl (C=O) groups is 2. The van der Waals surface area contributed by atoms with Crippen LogP contribution in [0.1, 0.15) is 43.1 Å². The van der Waals surface area contributed by atoms with Crippen LogP contribution in [0, 0.1) is 0 Å². The Morgan fingerprint density at radius 3 is 2.15 bits per heavy atom. The molecule has 0 bridgehead atoms. The molecule has 0 radical (unpaired) electrons. The van der Waals surface area contributed by atoms with E-state index in [-0.39, 0.29) is 17.6 Å². The highest BCUT2D eigenvalue weighted by molar-refractivity contribution is 7.85. The first kappa shape index (κ1) is 20.8. The van der Waals surface area contributed by atoms with Crippen LogP contribution in [0.4, 0.5) is 0 Å². The highest BCUT2D eigenvalue weighted by Gasteiger charge is 2.22. The Balaban J connectivity index is 2.00. The van der Waals surface area contributed by atoms with Crippen LogP contribution in [0.15, 0.2) is 59.5 Å². The van der Waals surface area contributed by atoms with Crippen molar-refractivity contribution < 1.29 is 18.9 Å². The fraction of sp³-hybridized carbons (Fsp3) is 0.333. The second kappa shape index (κ2) is 8.95. The number of benzene rings is 2. The molecule has 0 aliphatic rings. The summed E-state index contributed by atoms with van der Waals surface area (Å²) in [5.74, 6) is -1.43. The van der Waals surface area contributed by atoms with Crippen LogP contribution in [0.25, 0.3) is 0 Å². The van der Waals surface area contributed by atoms with Gasteiger partial charge in [-0.3, -0.25) is 9.00 Å². The molecule has 0 spiro atoms. The van der Waals surface area contributed by atoms with Crippen molar-refractivity contribution in [3.63, 3.8) is 0 Å². The lowest BCUT2D eigenvalue weighted by Crippen LogP contribution is -2.41. The molecule has 0 saturated heterocycles. The van der Waals surface area contributed by atoms with E-state index in [9.17, 15) is 18.9 Å². The standard InChI is InChI=1S/C21H25NO4S/c1-21(2,3)16-11-9-15(10-12-16)19(23)22-18(20(24)25)13-14-27(26)17-7-5-4-6-8-17/h4-12,18H,13-14H2,1-3H3,(H,22,23)(H,24,25)/t18-,27+/m1/s1. The number of hydrogen-bond acceptors (Lipinski definition) is 3. The maximum absolute atomic E-state index is 12.4.